The van der Waals surface area contributed by atoms with Crippen molar-refractivity contribution < 1.29 is 19.1 Å². The number of aromatic amines is 1. The van der Waals surface area contributed by atoms with Gasteiger partial charge in [0, 0.05) is 23.5 Å². The Hall–Kier alpha value is -2.30. The second-order valence-corrected chi connectivity index (χ2v) is 4.51. The molecule has 0 amide bonds. The summed E-state index contributed by atoms with van der Waals surface area (Å²) in [6.45, 7) is 1.50. The van der Waals surface area contributed by atoms with Crippen LogP contribution in [0.3, 0.4) is 0 Å². The fourth-order valence-corrected chi connectivity index (χ4v) is 2.05. The SMILES string of the molecule is COC(=O)C(C)OC(=O)CCc1c[nH]c2ccccc12. The van der Waals surface area contributed by atoms with E-state index in [1.807, 2.05) is 30.5 Å². The van der Waals surface area contributed by atoms with E-state index in [0.29, 0.717) is 6.42 Å². The standard InChI is InChI=1S/C15H17NO4/c1-10(15(18)19-2)20-14(17)8-7-11-9-16-13-6-4-3-5-12(11)13/h3-6,9-10,16H,7-8H2,1-2H3. The molecule has 0 aliphatic carbocycles. The van der Waals surface area contributed by atoms with Crippen molar-refractivity contribution in [1.82, 2.24) is 4.98 Å². The highest BCUT2D eigenvalue weighted by Gasteiger charge is 2.18. The summed E-state index contributed by atoms with van der Waals surface area (Å²) < 4.78 is 9.49. The van der Waals surface area contributed by atoms with Crippen LogP contribution in [-0.4, -0.2) is 30.1 Å². The number of aryl methyl sites for hydroxylation is 1. The number of hydrogen-bond acceptors (Lipinski definition) is 4. The first-order valence-corrected chi connectivity index (χ1v) is 6.44. The van der Waals surface area contributed by atoms with Gasteiger partial charge in [-0.15, -0.1) is 0 Å². The minimum atomic E-state index is -0.865. The van der Waals surface area contributed by atoms with E-state index >= 15 is 0 Å². The smallest absolute Gasteiger partial charge is 0.346 e. The maximum absolute atomic E-state index is 11.7. The molecule has 0 aliphatic rings. The summed E-state index contributed by atoms with van der Waals surface area (Å²) in [5, 5.41) is 1.10. The fourth-order valence-electron chi connectivity index (χ4n) is 2.05. The molecule has 20 heavy (non-hydrogen) atoms. The monoisotopic (exact) mass is 275 g/mol. The molecule has 1 aromatic heterocycles. The first kappa shape index (κ1) is 14.1. The molecule has 2 aromatic rings. The normalized spacial score (nSPS) is 12.1. The Morgan fingerprint density at radius 3 is 2.80 bits per heavy atom. The van der Waals surface area contributed by atoms with Gasteiger partial charge >= 0.3 is 11.9 Å². The van der Waals surface area contributed by atoms with Gasteiger partial charge in [-0.2, -0.15) is 0 Å². The van der Waals surface area contributed by atoms with Crippen LogP contribution in [0.2, 0.25) is 0 Å². The second-order valence-electron chi connectivity index (χ2n) is 4.51. The third-order valence-electron chi connectivity index (χ3n) is 3.11. The number of carbonyl (C=O) groups excluding carboxylic acids is 2. The minimum Gasteiger partial charge on any atom is -0.466 e. The molecule has 106 valence electrons. The zero-order valence-corrected chi connectivity index (χ0v) is 11.5. The van der Waals surface area contributed by atoms with Crippen molar-refractivity contribution in [3.05, 3.63) is 36.0 Å². The molecule has 1 unspecified atom stereocenters. The molecule has 0 radical (unpaired) electrons. The molecule has 0 bridgehead atoms. The van der Waals surface area contributed by atoms with E-state index in [-0.39, 0.29) is 6.42 Å². The van der Waals surface area contributed by atoms with Crippen molar-refractivity contribution in [3.8, 4) is 0 Å². The first-order valence-electron chi connectivity index (χ1n) is 6.44. The summed E-state index contributed by atoms with van der Waals surface area (Å²) in [7, 11) is 1.26. The van der Waals surface area contributed by atoms with Crippen molar-refractivity contribution in [2.24, 2.45) is 0 Å². The first-order chi connectivity index (χ1) is 9.61. The van der Waals surface area contributed by atoms with Crippen molar-refractivity contribution in [1.29, 1.82) is 0 Å². The van der Waals surface area contributed by atoms with Crippen LogP contribution in [0.25, 0.3) is 10.9 Å². The molecule has 5 nitrogen and oxygen atoms in total. The molecule has 1 heterocycles. The number of benzene rings is 1. The molecule has 0 fully saturated rings. The van der Waals surface area contributed by atoms with Crippen molar-refractivity contribution >= 4 is 22.8 Å². The average Bonchev–Trinajstić information content (AvgIpc) is 2.87. The molecular weight excluding hydrogens is 258 g/mol. The number of nitrogens with one attached hydrogen (secondary N) is 1. The molecule has 0 spiro atoms. The summed E-state index contributed by atoms with van der Waals surface area (Å²) in [6, 6.07) is 7.90. The fraction of sp³-hybridized carbons (Fsp3) is 0.333. The van der Waals surface area contributed by atoms with Crippen LogP contribution in [0.1, 0.15) is 18.9 Å². The van der Waals surface area contributed by atoms with E-state index in [2.05, 4.69) is 9.72 Å². The largest absolute Gasteiger partial charge is 0.466 e. The lowest BCUT2D eigenvalue weighted by Crippen LogP contribution is -2.25. The lowest BCUT2D eigenvalue weighted by Gasteiger charge is -2.10. The third kappa shape index (κ3) is 3.17. The molecule has 1 N–H and O–H groups in total. The highest BCUT2D eigenvalue weighted by molar-refractivity contribution is 5.84. The van der Waals surface area contributed by atoms with E-state index < -0.39 is 18.0 Å². The number of aromatic nitrogens is 1. The zero-order valence-electron chi connectivity index (χ0n) is 11.5. The minimum absolute atomic E-state index is 0.225. The summed E-state index contributed by atoms with van der Waals surface area (Å²) in [5.74, 6) is -0.960. The van der Waals surface area contributed by atoms with Gasteiger partial charge in [0.15, 0.2) is 6.10 Å². The molecule has 5 heteroatoms. The molecular formula is C15H17NO4. The number of H-pyrrole nitrogens is 1. The number of hydrogen-bond donors (Lipinski definition) is 1. The van der Waals surface area contributed by atoms with Gasteiger partial charge in [0.2, 0.25) is 0 Å². The van der Waals surface area contributed by atoms with Crippen LogP contribution >= 0.6 is 0 Å². The summed E-state index contributed by atoms with van der Waals surface area (Å²) in [6.07, 6.45) is 1.82. The number of para-hydroxylation sites is 1. The third-order valence-corrected chi connectivity index (χ3v) is 3.11. The molecule has 1 aromatic carbocycles. The predicted octanol–water partition coefficient (Wildman–Crippen LogP) is 2.21. The number of rotatable bonds is 5. The quantitative estimate of drug-likeness (QED) is 0.849. The Morgan fingerprint density at radius 1 is 1.30 bits per heavy atom. The lowest BCUT2D eigenvalue weighted by atomic mass is 10.1. The number of fused-ring (bicyclic) bond motifs is 1. The van der Waals surface area contributed by atoms with Crippen molar-refractivity contribution in [2.75, 3.05) is 7.11 Å². The van der Waals surface area contributed by atoms with E-state index in [4.69, 9.17) is 4.74 Å². The Kier molecular flexibility index (Phi) is 4.40. The van der Waals surface area contributed by atoms with Crippen molar-refractivity contribution in [3.63, 3.8) is 0 Å². The zero-order chi connectivity index (χ0) is 14.5. The second kappa shape index (κ2) is 6.23. The maximum atomic E-state index is 11.7. The topological polar surface area (TPSA) is 68.4 Å². The van der Waals surface area contributed by atoms with Crippen LogP contribution in [0.15, 0.2) is 30.5 Å². The summed E-state index contributed by atoms with van der Waals surface area (Å²) in [5.41, 5.74) is 2.10. The van der Waals surface area contributed by atoms with Gasteiger partial charge in [0.05, 0.1) is 7.11 Å². The Balaban J connectivity index is 1.92. The summed E-state index contributed by atoms with van der Waals surface area (Å²) >= 11 is 0. The lowest BCUT2D eigenvalue weighted by molar-refractivity contribution is -0.164. The number of methoxy groups -OCH3 is 1. The Labute approximate surface area is 116 Å². The van der Waals surface area contributed by atoms with E-state index in [1.165, 1.54) is 14.0 Å². The van der Waals surface area contributed by atoms with Gasteiger partial charge < -0.3 is 14.5 Å². The molecule has 2 rings (SSSR count). The van der Waals surface area contributed by atoms with E-state index in [1.54, 1.807) is 0 Å². The van der Waals surface area contributed by atoms with Crippen LogP contribution in [-0.2, 0) is 25.5 Å². The summed E-state index contributed by atoms with van der Waals surface area (Å²) in [4.78, 5) is 26.0. The van der Waals surface area contributed by atoms with Crippen LogP contribution in [0.5, 0.6) is 0 Å². The molecule has 0 saturated carbocycles. The van der Waals surface area contributed by atoms with E-state index in [0.717, 1.165) is 16.5 Å². The van der Waals surface area contributed by atoms with E-state index in [9.17, 15) is 9.59 Å². The van der Waals surface area contributed by atoms with Gasteiger partial charge in [0.25, 0.3) is 0 Å². The van der Waals surface area contributed by atoms with Gasteiger partial charge in [-0.1, -0.05) is 18.2 Å². The van der Waals surface area contributed by atoms with Gasteiger partial charge in [-0.25, -0.2) is 4.79 Å². The number of ether oxygens (including phenoxy) is 2. The van der Waals surface area contributed by atoms with Crippen LogP contribution < -0.4 is 0 Å². The Morgan fingerprint density at radius 2 is 2.05 bits per heavy atom. The average molecular weight is 275 g/mol. The van der Waals surface area contributed by atoms with Gasteiger partial charge in [0.1, 0.15) is 0 Å². The van der Waals surface area contributed by atoms with Gasteiger partial charge in [-0.3, -0.25) is 4.79 Å². The highest BCUT2D eigenvalue weighted by Crippen LogP contribution is 2.19. The molecule has 0 aliphatic heterocycles. The molecule has 1 atom stereocenters. The molecule has 0 saturated heterocycles. The predicted molar refractivity (Wildman–Crippen MR) is 74.2 cm³/mol. The van der Waals surface area contributed by atoms with Crippen molar-refractivity contribution in [2.45, 2.75) is 25.9 Å². The Bertz CT molecular complexity index is 617. The van der Waals surface area contributed by atoms with Crippen LogP contribution in [0, 0.1) is 0 Å². The maximum Gasteiger partial charge on any atom is 0.346 e. The van der Waals surface area contributed by atoms with Gasteiger partial charge in [-0.05, 0) is 25.0 Å². The highest BCUT2D eigenvalue weighted by atomic mass is 16.6. The number of esters is 2. The number of carbonyl (C=O) groups is 2. The van der Waals surface area contributed by atoms with Crippen LogP contribution in [0.4, 0.5) is 0 Å².